The smallest absolute Gasteiger partial charge is 0.257 e. The molecule has 0 aliphatic carbocycles. The largest absolute Gasteiger partial charge is 0.453 e. The van der Waals surface area contributed by atoms with E-state index in [1.54, 1.807) is 0 Å². The summed E-state index contributed by atoms with van der Waals surface area (Å²) in [5.41, 5.74) is 0.491. The quantitative estimate of drug-likeness (QED) is 0.839. The normalized spacial score (nSPS) is 23.8. The van der Waals surface area contributed by atoms with E-state index in [0.717, 1.165) is 45.4 Å². The number of nitriles is 1. The summed E-state index contributed by atoms with van der Waals surface area (Å²) in [6.07, 6.45) is 6.76. The lowest BCUT2D eigenvalue weighted by atomic mass is 9.85. The van der Waals surface area contributed by atoms with Gasteiger partial charge in [-0.3, -0.25) is 4.79 Å². The van der Waals surface area contributed by atoms with Gasteiger partial charge in [0.15, 0.2) is 0 Å². The Bertz CT molecular complexity index is 540. The van der Waals surface area contributed by atoms with Gasteiger partial charge >= 0.3 is 0 Å². The predicted octanol–water partition coefficient (Wildman–Crippen LogP) is 2.57. The zero-order valence-corrected chi connectivity index (χ0v) is 12.1. The fourth-order valence-electron chi connectivity index (χ4n) is 3.47. The highest BCUT2D eigenvalue weighted by molar-refractivity contribution is 5.94. The molecule has 21 heavy (non-hydrogen) atoms. The molecule has 3 rings (SSSR count). The van der Waals surface area contributed by atoms with E-state index in [4.69, 9.17) is 14.4 Å². The van der Waals surface area contributed by atoms with Crippen molar-refractivity contribution in [3.8, 4) is 6.07 Å². The lowest BCUT2D eigenvalue weighted by molar-refractivity contribution is 0.0130. The molecule has 112 valence electrons. The summed E-state index contributed by atoms with van der Waals surface area (Å²) >= 11 is 0. The maximum atomic E-state index is 12.7. The number of rotatable bonds is 2. The number of ether oxygens (including phenoxy) is 1. The van der Waals surface area contributed by atoms with Gasteiger partial charge in [-0.05, 0) is 38.0 Å². The molecule has 1 aromatic heterocycles. The number of hydrogen-bond donors (Lipinski definition) is 0. The molecule has 0 spiro atoms. The summed E-state index contributed by atoms with van der Waals surface area (Å²) in [7, 11) is 0. The summed E-state index contributed by atoms with van der Waals surface area (Å²) < 4.78 is 10.5. The standard InChI is InChI=1S/C16H20N2O3/c17-10-14-9-13(11-21-14)16(19)18-6-2-1-3-15(18)12-4-7-20-8-5-12/h9,11-12,15H,1-8H2. The van der Waals surface area contributed by atoms with Crippen molar-refractivity contribution in [3.05, 3.63) is 23.7 Å². The average molecular weight is 288 g/mol. The molecule has 3 heterocycles. The van der Waals surface area contributed by atoms with Crippen molar-refractivity contribution in [2.24, 2.45) is 5.92 Å². The van der Waals surface area contributed by atoms with Gasteiger partial charge in [-0.15, -0.1) is 0 Å². The SMILES string of the molecule is N#Cc1cc(C(=O)N2CCCCC2C2CCOCC2)co1. The first-order valence-corrected chi connectivity index (χ1v) is 7.67. The van der Waals surface area contributed by atoms with Gasteiger partial charge in [-0.25, -0.2) is 0 Å². The monoisotopic (exact) mass is 288 g/mol. The molecule has 0 aromatic carbocycles. The fourth-order valence-corrected chi connectivity index (χ4v) is 3.47. The molecule has 1 aromatic rings. The van der Waals surface area contributed by atoms with Crippen LogP contribution in [0.1, 0.15) is 48.2 Å². The number of hydrogen-bond acceptors (Lipinski definition) is 4. The predicted molar refractivity (Wildman–Crippen MR) is 75.6 cm³/mol. The van der Waals surface area contributed by atoms with E-state index in [1.807, 2.05) is 11.0 Å². The summed E-state index contributed by atoms with van der Waals surface area (Å²) in [6.45, 7) is 2.40. The van der Waals surface area contributed by atoms with Crippen LogP contribution in [0.3, 0.4) is 0 Å². The highest BCUT2D eigenvalue weighted by atomic mass is 16.5. The van der Waals surface area contributed by atoms with E-state index < -0.39 is 0 Å². The zero-order chi connectivity index (χ0) is 14.7. The van der Waals surface area contributed by atoms with E-state index >= 15 is 0 Å². The van der Waals surface area contributed by atoms with Gasteiger partial charge in [0.25, 0.3) is 5.91 Å². The van der Waals surface area contributed by atoms with Crippen molar-refractivity contribution >= 4 is 5.91 Å². The van der Waals surface area contributed by atoms with Gasteiger partial charge in [0.1, 0.15) is 12.3 Å². The highest BCUT2D eigenvalue weighted by Gasteiger charge is 2.34. The molecule has 2 aliphatic heterocycles. The maximum absolute atomic E-state index is 12.7. The van der Waals surface area contributed by atoms with Crippen LogP contribution in [0.25, 0.3) is 0 Å². The molecule has 1 atom stereocenters. The van der Waals surface area contributed by atoms with E-state index in [2.05, 4.69) is 0 Å². The summed E-state index contributed by atoms with van der Waals surface area (Å²) in [5, 5.41) is 8.82. The molecule has 2 saturated heterocycles. The second-order valence-electron chi connectivity index (χ2n) is 5.82. The third-order valence-electron chi connectivity index (χ3n) is 4.58. The third-order valence-corrected chi connectivity index (χ3v) is 4.58. The highest BCUT2D eigenvalue weighted by Crippen LogP contribution is 2.31. The molecule has 1 unspecified atom stereocenters. The molecule has 0 radical (unpaired) electrons. The van der Waals surface area contributed by atoms with E-state index in [1.165, 1.54) is 18.8 Å². The van der Waals surface area contributed by atoms with Gasteiger partial charge in [0.05, 0.1) is 5.56 Å². The van der Waals surface area contributed by atoms with E-state index in [-0.39, 0.29) is 11.7 Å². The average Bonchev–Trinajstić information content (AvgIpc) is 3.04. The minimum atomic E-state index is -0.00329. The van der Waals surface area contributed by atoms with Gasteiger partial charge in [0, 0.05) is 31.9 Å². The van der Waals surface area contributed by atoms with Crippen molar-refractivity contribution in [3.63, 3.8) is 0 Å². The number of carbonyl (C=O) groups excluding carboxylic acids is 1. The molecule has 2 fully saturated rings. The van der Waals surface area contributed by atoms with Crippen LogP contribution in [0.4, 0.5) is 0 Å². The van der Waals surface area contributed by atoms with Crippen molar-refractivity contribution < 1.29 is 13.9 Å². The lowest BCUT2D eigenvalue weighted by Gasteiger charge is -2.41. The van der Waals surface area contributed by atoms with E-state index in [0.29, 0.717) is 17.5 Å². The number of piperidine rings is 1. The third kappa shape index (κ3) is 2.96. The number of likely N-dealkylation sites (tertiary alicyclic amines) is 1. The fraction of sp³-hybridized carbons (Fsp3) is 0.625. The Morgan fingerprint density at radius 2 is 2.10 bits per heavy atom. The Balaban J connectivity index is 1.76. The minimum absolute atomic E-state index is 0.00329. The lowest BCUT2D eigenvalue weighted by Crippen LogP contribution is -2.48. The molecule has 1 amide bonds. The zero-order valence-electron chi connectivity index (χ0n) is 12.1. The van der Waals surface area contributed by atoms with Crippen LogP contribution in [-0.4, -0.2) is 36.6 Å². The molecular weight excluding hydrogens is 268 g/mol. The van der Waals surface area contributed by atoms with Crippen molar-refractivity contribution in [2.45, 2.75) is 38.1 Å². The number of nitrogens with zero attached hydrogens (tertiary/aromatic N) is 2. The van der Waals surface area contributed by atoms with Crippen LogP contribution in [0, 0.1) is 17.2 Å². The number of amides is 1. The van der Waals surface area contributed by atoms with Crippen LogP contribution in [0.5, 0.6) is 0 Å². The van der Waals surface area contributed by atoms with Gasteiger partial charge in [-0.1, -0.05) is 0 Å². The number of carbonyl (C=O) groups is 1. The molecule has 5 heteroatoms. The van der Waals surface area contributed by atoms with Gasteiger partial charge < -0.3 is 14.1 Å². The van der Waals surface area contributed by atoms with Crippen molar-refractivity contribution in [2.75, 3.05) is 19.8 Å². The summed E-state index contributed by atoms with van der Waals surface area (Å²) in [5.74, 6) is 0.722. The molecule has 0 saturated carbocycles. The minimum Gasteiger partial charge on any atom is -0.453 e. The summed E-state index contributed by atoms with van der Waals surface area (Å²) in [4.78, 5) is 14.7. The molecule has 5 nitrogen and oxygen atoms in total. The Morgan fingerprint density at radius 3 is 2.81 bits per heavy atom. The Morgan fingerprint density at radius 1 is 1.29 bits per heavy atom. The summed E-state index contributed by atoms with van der Waals surface area (Å²) in [6, 6.07) is 3.77. The molecule has 2 aliphatic rings. The first kappa shape index (κ1) is 14.2. The van der Waals surface area contributed by atoms with Gasteiger partial charge in [0.2, 0.25) is 5.76 Å². The Labute approximate surface area is 124 Å². The number of furan rings is 1. The first-order chi connectivity index (χ1) is 10.3. The van der Waals surface area contributed by atoms with Crippen molar-refractivity contribution in [1.82, 2.24) is 4.90 Å². The first-order valence-electron chi connectivity index (χ1n) is 7.67. The van der Waals surface area contributed by atoms with Crippen LogP contribution < -0.4 is 0 Å². The van der Waals surface area contributed by atoms with E-state index in [9.17, 15) is 4.79 Å². The van der Waals surface area contributed by atoms with Crippen LogP contribution >= 0.6 is 0 Å². The maximum Gasteiger partial charge on any atom is 0.257 e. The van der Waals surface area contributed by atoms with Crippen LogP contribution in [0.2, 0.25) is 0 Å². The topological polar surface area (TPSA) is 66.5 Å². The molecular formula is C16H20N2O3. The second kappa shape index (κ2) is 6.31. The van der Waals surface area contributed by atoms with Gasteiger partial charge in [-0.2, -0.15) is 5.26 Å². The molecule has 0 N–H and O–H groups in total. The Hall–Kier alpha value is -1.80. The van der Waals surface area contributed by atoms with Crippen LogP contribution in [0.15, 0.2) is 16.7 Å². The second-order valence-corrected chi connectivity index (χ2v) is 5.82. The Kier molecular flexibility index (Phi) is 4.26. The van der Waals surface area contributed by atoms with Crippen LogP contribution in [-0.2, 0) is 4.74 Å². The molecule has 0 bridgehead atoms. The van der Waals surface area contributed by atoms with Crippen molar-refractivity contribution in [1.29, 1.82) is 5.26 Å².